The van der Waals surface area contributed by atoms with Gasteiger partial charge in [0.1, 0.15) is 6.07 Å². The predicted molar refractivity (Wildman–Crippen MR) is 114 cm³/mol. The fourth-order valence-corrected chi connectivity index (χ4v) is 2.64. The van der Waals surface area contributed by atoms with Crippen LogP contribution in [0.25, 0.3) is 6.08 Å². The van der Waals surface area contributed by atoms with Crippen LogP contribution in [0.15, 0.2) is 42.5 Å². The van der Waals surface area contributed by atoms with Crippen LogP contribution >= 0.6 is 11.6 Å². The molecule has 7 nitrogen and oxygen atoms in total. The molecule has 11 heteroatoms. The summed E-state index contributed by atoms with van der Waals surface area (Å²) in [4.78, 5) is 24.3. The lowest BCUT2D eigenvalue weighted by molar-refractivity contribution is -0.148. The summed E-state index contributed by atoms with van der Waals surface area (Å²) in [7, 11) is 1.41. The van der Waals surface area contributed by atoms with Crippen LogP contribution in [0.5, 0.6) is 11.5 Å². The number of amides is 1. The van der Waals surface area contributed by atoms with E-state index in [0.717, 1.165) is 18.2 Å². The number of anilines is 1. The molecule has 0 aliphatic heterocycles. The average molecular weight is 483 g/mol. The smallest absolute Gasteiger partial charge is 0.416 e. The minimum Gasteiger partial charge on any atom is -0.493 e. The van der Waals surface area contributed by atoms with Crippen molar-refractivity contribution >= 4 is 35.2 Å². The molecule has 2 aromatic carbocycles. The highest BCUT2D eigenvalue weighted by Gasteiger charge is 2.31. The Labute approximate surface area is 192 Å². The Bertz CT molecular complexity index is 1100. The Balaban J connectivity index is 2.01. The van der Waals surface area contributed by atoms with E-state index in [2.05, 4.69) is 5.32 Å². The Morgan fingerprint density at radius 3 is 2.58 bits per heavy atom. The topological polar surface area (TPSA) is 97.7 Å². The molecule has 0 bridgehead atoms. The van der Waals surface area contributed by atoms with Crippen molar-refractivity contribution in [2.24, 2.45) is 0 Å². The largest absolute Gasteiger partial charge is 0.493 e. The number of benzene rings is 2. The molecular formula is C22H18ClF3N2O5. The van der Waals surface area contributed by atoms with Gasteiger partial charge in [0.15, 0.2) is 24.2 Å². The summed E-state index contributed by atoms with van der Waals surface area (Å²) in [6, 6.07) is 9.02. The standard InChI is InChI=1S/C22H18ClF3N2O5/c1-13(21(30)28-17-12-15(22(24,25)26)5-6-16(17)23)33-20(29)8-4-14-3-7-18(32-10-9-27)19(11-14)31-2/h3-8,11-13H,10H2,1-2H3,(H,28,30)/b8-4+. The number of ether oxygens (including phenoxy) is 3. The zero-order valence-corrected chi connectivity index (χ0v) is 18.2. The van der Waals surface area contributed by atoms with Gasteiger partial charge in [-0.15, -0.1) is 0 Å². The zero-order valence-electron chi connectivity index (χ0n) is 17.4. The number of nitrogens with one attached hydrogen (secondary N) is 1. The van der Waals surface area contributed by atoms with E-state index in [9.17, 15) is 22.8 Å². The summed E-state index contributed by atoms with van der Waals surface area (Å²) >= 11 is 5.85. The first-order valence-corrected chi connectivity index (χ1v) is 9.67. The highest BCUT2D eigenvalue weighted by molar-refractivity contribution is 6.33. The van der Waals surface area contributed by atoms with Gasteiger partial charge in [-0.25, -0.2) is 4.79 Å². The quantitative estimate of drug-likeness (QED) is 0.426. The number of hydrogen-bond donors (Lipinski definition) is 1. The molecule has 2 rings (SSSR count). The van der Waals surface area contributed by atoms with Gasteiger partial charge in [-0.2, -0.15) is 18.4 Å². The molecular weight excluding hydrogens is 465 g/mol. The molecule has 0 saturated heterocycles. The van der Waals surface area contributed by atoms with Crippen LogP contribution in [-0.4, -0.2) is 31.7 Å². The van der Waals surface area contributed by atoms with E-state index in [-0.39, 0.29) is 17.3 Å². The number of rotatable bonds is 8. The molecule has 0 heterocycles. The molecule has 0 spiro atoms. The SMILES string of the molecule is COc1cc(/C=C/C(=O)OC(C)C(=O)Nc2cc(C(F)(F)F)ccc2Cl)ccc1OCC#N. The lowest BCUT2D eigenvalue weighted by Gasteiger charge is -2.15. The normalized spacial score (nSPS) is 12.0. The molecule has 0 aliphatic carbocycles. The van der Waals surface area contributed by atoms with E-state index < -0.39 is 29.7 Å². The van der Waals surface area contributed by atoms with Gasteiger partial charge in [-0.1, -0.05) is 17.7 Å². The number of hydrogen-bond acceptors (Lipinski definition) is 6. The van der Waals surface area contributed by atoms with Crippen molar-refractivity contribution in [2.45, 2.75) is 19.2 Å². The fourth-order valence-electron chi connectivity index (χ4n) is 2.48. The van der Waals surface area contributed by atoms with E-state index in [4.69, 9.17) is 31.1 Å². The summed E-state index contributed by atoms with van der Waals surface area (Å²) in [5.41, 5.74) is -0.712. The van der Waals surface area contributed by atoms with E-state index in [1.54, 1.807) is 18.2 Å². The van der Waals surface area contributed by atoms with Gasteiger partial charge in [-0.3, -0.25) is 4.79 Å². The van der Waals surface area contributed by atoms with Crippen LogP contribution in [0.2, 0.25) is 5.02 Å². The molecule has 1 amide bonds. The van der Waals surface area contributed by atoms with Gasteiger partial charge >= 0.3 is 12.1 Å². The second kappa shape index (κ2) is 11.2. The van der Waals surface area contributed by atoms with E-state index in [1.807, 2.05) is 6.07 Å². The fraction of sp³-hybridized carbons (Fsp3) is 0.227. The number of methoxy groups -OCH3 is 1. The Morgan fingerprint density at radius 2 is 1.94 bits per heavy atom. The molecule has 1 N–H and O–H groups in total. The second-order valence-corrected chi connectivity index (χ2v) is 6.86. The summed E-state index contributed by atoms with van der Waals surface area (Å²) in [5.74, 6) is -1.04. The number of esters is 1. The van der Waals surface area contributed by atoms with Crippen molar-refractivity contribution in [3.63, 3.8) is 0 Å². The second-order valence-electron chi connectivity index (χ2n) is 6.45. The lowest BCUT2D eigenvalue weighted by Crippen LogP contribution is -2.29. The van der Waals surface area contributed by atoms with Crippen molar-refractivity contribution in [3.8, 4) is 17.6 Å². The number of halogens is 4. The Kier molecular flexibility index (Phi) is 8.70. The lowest BCUT2D eigenvalue weighted by atomic mass is 10.2. The third-order valence-electron chi connectivity index (χ3n) is 4.11. The zero-order chi connectivity index (χ0) is 24.6. The van der Waals surface area contributed by atoms with Crippen molar-refractivity contribution in [3.05, 3.63) is 58.6 Å². The first-order valence-electron chi connectivity index (χ1n) is 9.29. The number of carbonyl (C=O) groups excluding carboxylic acids is 2. The minimum atomic E-state index is -4.62. The van der Waals surface area contributed by atoms with Gasteiger partial charge in [0.05, 0.1) is 23.4 Å². The summed E-state index contributed by atoms with van der Waals surface area (Å²) in [5, 5.41) is 10.7. The van der Waals surface area contributed by atoms with Gasteiger partial charge in [0.2, 0.25) is 0 Å². The van der Waals surface area contributed by atoms with Crippen LogP contribution in [0, 0.1) is 11.3 Å². The van der Waals surface area contributed by atoms with Crippen molar-refractivity contribution in [2.75, 3.05) is 19.0 Å². The molecule has 174 valence electrons. The number of alkyl halides is 3. The van der Waals surface area contributed by atoms with Crippen LogP contribution in [0.1, 0.15) is 18.1 Å². The molecule has 0 aliphatic rings. The number of nitrogens with zero attached hydrogens (tertiary/aromatic N) is 1. The van der Waals surface area contributed by atoms with Crippen molar-refractivity contribution in [1.82, 2.24) is 0 Å². The highest BCUT2D eigenvalue weighted by atomic mass is 35.5. The van der Waals surface area contributed by atoms with Gasteiger partial charge in [-0.05, 0) is 48.9 Å². The maximum atomic E-state index is 12.9. The first-order chi connectivity index (χ1) is 15.5. The van der Waals surface area contributed by atoms with Crippen molar-refractivity contribution < 1.29 is 37.0 Å². The summed E-state index contributed by atoms with van der Waals surface area (Å²) < 4.78 is 53.9. The van der Waals surface area contributed by atoms with Crippen LogP contribution in [0.3, 0.4) is 0 Å². The minimum absolute atomic E-state index is 0.106. The molecule has 0 fully saturated rings. The third-order valence-corrected chi connectivity index (χ3v) is 4.44. The molecule has 1 unspecified atom stereocenters. The first kappa shape index (κ1) is 25.5. The van der Waals surface area contributed by atoms with Gasteiger partial charge in [0.25, 0.3) is 5.91 Å². The molecule has 0 aromatic heterocycles. The van der Waals surface area contributed by atoms with E-state index in [0.29, 0.717) is 23.1 Å². The van der Waals surface area contributed by atoms with Crippen molar-refractivity contribution in [1.29, 1.82) is 5.26 Å². The molecule has 1 atom stereocenters. The highest BCUT2D eigenvalue weighted by Crippen LogP contribution is 2.34. The Hall–Kier alpha value is -3.71. The van der Waals surface area contributed by atoms with Crippen LogP contribution in [-0.2, 0) is 20.5 Å². The monoisotopic (exact) mass is 482 g/mol. The van der Waals surface area contributed by atoms with Crippen LogP contribution < -0.4 is 14.8 Å². The third kappa shape index (κ3) is 7.43. The Morgan fingerprint density at radius 1 is 1.21 bits per heavy atom. The van der Waals surface area contributed by atoms with E-state index >= 15 is 0 Å². The van der Waals surface area contributed by atoms with Gasteiger partial charge in [0, 0.05) is 6.08 Å². The predicted octanol–water partition coefficient (Wildman–Crippen LogP) is 4.85. The molecule has 33 heavy (non-hydrogen) atoms. The summed E-state index contributed by atoms with van der Waals surface area (Å²) in [6.45, 7) is 1.09. The van der Waals surface area contributed by atoms with E-state index in [1.165, 1.54) is 20.1 Å². The number of nitriles is 1. The average Bonchev–Trinajstić information content (AvgIpc) is 2.77. The maximum absolute atomic E-state index is 12.9. The summed E-state index contributed by atoms with van der Waals surface area (Å²) in [6.07, 6.45) is -3.47. The van der Waals surface area contributed by atoms with Gasteiger partial charge < -0.3 is 19.5 Å². The maximum Gasteiger partial charge on any atom is 0.416 e. The molecule has 2 aromatic rings. The molecule has 0 radical (unpaired) electrons. The van der Waals surface area contributed by atoms with Crippen LogP contribution in [0.4, 0.5) is 18.9 Å². The molecule has 0 saturated carbocycles. The number of carbonyl (C=O) groups is 2.